The number of nitrogens with zero attached hydrogens (tertiary/aromatic N) is 1. The standard InChI is InChI=1S/C10H19NO3/c1-3-14-10(12)8-6-4-5-7-9(2)11-13/h13H,3-8H2,1-2H3/b11-9+. The topological polar surface area (TPSA) is 58.9 Å². The number of ether oxygens (including phenoxy) is 1. The number of carbonyl (C=O) groups excluding carboxylic acids is 1. The second kappa shape index (κ2) is 8.53. The highest BCUT2D eigenvalue weighted by Crippen LogP contribution is 2.04. The number of rotatable bonds is 7. The molecular weight excluding hydrogens is 182 g/mol. The quantitative estimate of drug-likeness (QED) is 0.226. The SMILES string of the molecule is CCOC(=O)CCCCC/C(C)=N/O. The van der Waals surface area contributed by atoms with Gasteiger partial charge in [0.1, 0.15) is 0 Å². The fourth-order valence-corrected chi connectivity index (χ4v) is 1.11. The lowest BCUT2D eigenvalue weighted by molar-refractivity contribution is -0.143. The molecule has 0 aliphatic carbocycles. The van der Waals surface area contributed by atoms with Crippen molar-refractivity contribution < 1.29 is 14.7 Å². The van der Waals surface area contributed by atoms with Gasteiger partial charge in [-0.05, 0) is 33.1 Å². The van der Waals surface area contributed by atoms with E-state index >= 15 is 0 Å². The van der Waals surface area contributed by atoms with Crippen molar-refractivity contribution in [2.45, 2.75) is 46.0 Å². The summed E-state index contributed by atoms with van der Waals surface area (Å²) in [7, 11) is 0. The van der Waals surface area contributed by atoms with Crippen LogP contribution in [0.5, 0.6) is 0 Å². The van der Waals surface area contributed by atoms with Crippen molar-refractivity contribution in [3.05, 3.63) is 0 Å². The average molecular weight is 201 g/mol. The van der Waals surface area contributed by atoms with E-state index in [4.69, 9.17) is 9.94 Å². The Kier molecular flexibility index (Phi) is 7.89. The molecule has 4 nitrogen and oxygen atoms in total. The zero-order valence-electron chi connectivity index (χ0n) is 8.95. The van der Waals surface area contributed by atoms with Crippen LogP contribution in [0.3, 0.4) is 0 Å². The van der Waals surface area contributed by atoms with Crippen LogP contribution in [0.4, 0.5) is 0 Å². The molecule has 4 heteroatoms. The molecule has 0 aliphatic heterocycles. The Morgan fingerprint density at radius 3 is 2.50 bits per heavy atom. The van der Waals surface area contributed by atoms with Crippen LogP contribution in [0.2, 0.25) is 0 Å². The fraction of sp³-hybridized carbons (Fsp3) is 0.800. The summed E-state index contributed by atoms with van der Waals surface area (Å²) in [5.74, 6) is -0.125. The Labute approximate surface area is 84.9 Å². The summed E-state index contributed by atoms with van der Waals surface area (Å²) < 4.78 is 4.79. The van der Waals surface area contributed by atoms with Gasteiger partial charge in [0, 0.05) is 6.42 Å². The zero-order valence-corrected chi connectivity index (χ0v) is 8.95. The van der Waals surface area contributed by atoms with E-state index in [0.717, 1.165) is 31.4 Å². The third-order valence-electron chi connectivity index (χ3n) is 1.90. The molecule has 0 rings (SSSR count). The van der Waals surface area contributed by atoms with Gasteiger partial charge in [-0.25, -0.2) is 0 Å². The van der Waals surface area contributed by atoms with Crippen LogP contribution in [0.1, 0.15) is 46.0 Å². The van der Waals surface area contributed by atoms with Gasteiger partial charge in [0.05, 0.1) is 12.3 Å². The van der Waals surface area contributed by atoms with Crippen molar-refractivity contribution in [2.75, 3.05) is 6.61 Å². The molecule has 0 aromatic rings. The van der Waals surface area contributed by atoms with Gasteiger partial charge in [0.2, 0.25) is 0 Å². The van der Waals surface area contributed by atoms with E-state index in [2.05, 4.69) is 5.16 Å². The fourth-order valence-electron chi connectivity index (χ4n) is 1.11. The first-order valence-corrected chi connectivity index (χ1v) is 5.03. The first-order valence-electron chi connectivity index (χ1n) is 5.03. The Morgan fingerprint density at radius 1 is 1.29 bits per heavy atom. The highest BCUT2D eigenvalue weighted by atomic mass is 16.5. The molecule has 0 amide bonds. The number of carbonyl (C=O) groups is 1. The Balaban J connectivity index is 3.25. The lowest BCUT2D eigenvalue weighted by atomic mass is 10.1. The molecule has 0 aliphatic rings. The molecule has 0 bridgehead atoms. The predicted molar refractivity (Wildman–Crippen MR) is 54.6 cm³/mol. The van der Waals surface area contributed by atoms with E-state index in [9.17, 15) is 4.79 Å². The molecule has 0 saturated carbocycles. The lowest BCUT2D eigenvalue weighted by Gasteiger charge is -2.01. The highest BCUT2D eigenvalue weighted by molar-refractivity contribution is 5.81. The summed E-state index contributed by atoms with van der Waals surface area (Å²) in [6.07, 6.45) is 4.04. The number of hydrogen-bond donors (Lipinski definition) is 1. The molecule has 0 spiro atoms. The predicted octanol–water partition coefficient (Wildman–Crippen LogP) is 2.35. The molecule has 0 radical (unpaired) electrons. The van der Waals surface area contributed by atoms with E-state index in [0.29, 0.717) is 13.0 Å². The van der Waals surface area contributed by atoms with E-state index in [1.54, 1.807) is 13.8 Å². The molecule has 0 aromatic carbocycles. The molecule has 1 N–H and O–H groups in total. The minimum Gasteiger partial charge on any atom is -0.466 e. The van der Waals surface area contributed by atoms with Gasteiger partial charge in [-0.3, -0.25) is 4.79 Å². The van der Waals surface area contributed by atoms with Crippen LogP contribution < -0.4 is 0 Å². The maximum atomic E-state index is 10.9. The molecule has 0 atom stereocenters. The largest absolute Gasteiger partial charge is 0.466 e. The molecule has 0 fully saturated rings. The van der Waals surface area contributed by atoms with Crippen LogP contribution in [-0.2, 0) is 9.53 Å². The normalized spacial score (nSPS) is 11.4. The molecular formula is C10H19NO3. The van der Waals surface area contributed by atoms with Crippen LogP contribution in [-0.4, -0.2) is 23.5 Å². The van der Waals surface area contributed by atoms with Crippen LogP contribution in [0, 0.1) is 0 Å². The number of unbranched alkanes of at least 4 members (excludes halogenated alkanes) is 2. The van der Waals surface area contributed by atoms with E-state index < -0.39 is 0 Å². The monoisotopic (exact) mass is 201 g/mol. The van der Waals surface area contributed by atoms with Crippen LogP contribution >= 0.6 is 0 Å². The third-order valence-corrected chi connectivity index (χ3v) is 1.90. The lowest BCUT2D eigenvalue weighted by Crippen LogP contribution is -2.03. The van der Waals surface area contributed by atoms with Crippen molar-refractivity contribution in [3.8, 4) is 0 Å². The van der Waals surface area contributed by atoms with Gasteiger partial charge in [-0.2, -0.15) is 0 Å². The van der Waals surface area contributed by atoms with Gasteiger partial charge in [0.15, 0.2) is 0 Å². The third kappa shape index (κ3) is 7.58. The van der Waals surface area contributed by atoms with E-state index in [1.165, 1.54) is 0 Å². The molecule has 0 unspecified atom stereocenters. The summed E-state index contributed by atoms with van der Waals surface area (Å²) in [6, 6.07) is 0. The highest BCUT2D eigenvalue weighted by Gasteiger charge is 2.00. The van der Waals surface area contributed by atoms with Crippen molar-refractivity contribution >= 4 is 11.7 Å². The van der Waals surface area contributed by atoms with Crippen molar-refractivity contribution in [2.24, 2.45) is 5.16 Å². The summed E-state index contributed by atoms with van der Waals surface area (Å²) >= 11 is 0. The summed E-state index contributed by atoms with van der Waals surface area (Å²) in [5, 5.41) is 11.4. The van der Waals surface area contributed by atoms with Gasteiger partial charge in [-0.1, -0.05) is 11.6 Å². The zero-order chi connectivity index (χ0) is 10.8. The second-order valence-corrected chi connectivity index (χ2v) is 3.20. The Hall–Kier alpha value is -1.06. The van der Waals surface area contributed by atoms with Crippen LogP contribution in [0.15, 0.2) is 5.16 Å². The van der Waals surface area contributed by atoms with Gasteiger partial charge >= 0.3 is 5.97 Å². The van der Waals surface area contributed by atoms with Crippen molar-refractivity contribution in [1.29, 1.82) is 0 Å². The first kappa shape index (κ1) is 12.9. The number of esters is 1. The summed E-state index contributed by atoms with van der Waals surface area (Å²) in [5.41, 5.74) is 0.737. The molecule has 0 aromatic heterocycles. The number of oxime groups is 1. The van der Waals surface area contributed by atoms with Gasteiger partial charge < -0.3 is 9.94 Å². The maximum Gasteiger partial charge on any atom is 0.305 e. The molecule has 82 valence electrons. The first-order chi connectivity index (χ1) is 6.70. The Morgan fingerprint density at radius 2 is 1.93 bits per heavy atom. The number of hydrogen-bond acceptors (Lipinski definition) is 4. The minimum atomic E-state index is -0.125. The van der Waals surface area contributed by atoms with Crippen molar-refractivity contribution in [1.82, 2.24) is 0 Å². The van der Waals surface area contributed by atoms with Crippen molar-refractivity contribution in [3.63, 3.8) is 0 Å². The maximum absolute atomic E-state index is 10.9. The summed E-state index contributed by atoms with van der Waals surface area (Å²) in [4.78, 5) is 10.9. The molecule has 0 heterocycles. The summed E-state index contributed by atoms with van der Waals surface area (Å²) in [6.45, 7) is 4.04. The average Bonchev–Trinajstić information content (AvgIpc) is 2.17. The Bertz CT molecular complexity index is 190. The smallest absolute Gasteiger partial charge is 0.305 e. The van der Waals surface area contributed by atoms with E-state index in [-0.39, 0.29) is 5.97 Å². The van der Waals surface area contributed by atoms with E-state index in [1.807, 2.05) is 0 Å². The van der Waals surface area contributed by atoms with Gasteiger partial charge in [0.25, 0.3) is 0 Å². The molecule has 14 heavy (non-hydrogen) atoms. The van der Waals surface area contributed by atoms with Crippen LogP contribution in [0.25, 0.3) is 0 Å². The van der Waals surface area contributed by atoms with Gasteiger partial charge in [-0.15, -0.1) is 0 Å². The minimum absolute atomic E-state index is 0.125. The molecule has 0 saturated heterocycles. The second-order valence-electron chi connectivity index (χ2n) is 3.20.